The smallest absolute Gasteiger partial charge is 0.222 e. The summed E-state index contributed by atoms with van der Waals surface area (Å²) in [5.74, 6) is 0.620. The topological polar surface area (TPSA) is 64.0 Å². The molecule has 2 atom stereocenters. The quantitative estimate of drug-likeness (QED) is 0.752. The highest BCUT2D eigenvalue weighted by Crippen LogP contribution is 2.31. The molecule has 2 aromatic rings. The molecule has 2 aromatic carbocycles. The van der Waals surface area contributed by atoms with Crippen molar-refractivity contribution in [3.63, 3.8) is 0 Å². The lowest BCUT2D eigenvalue weighted by Crippen LogP contribution is -2.61. The van der Waals surface area contributed by atoms with Gasteiger partial charge in [0.2, 0.25) is 5.91 Å². The summed E-state index contributed by atoms with van der Waals surface area (Å²) in [6.07, 6.45) is 2.79. The second-order valence-corrected chi connectivity index (χ2v) is 9.16. The van der Waals surface area contributed by atoms with Crippen LogP contribution in [0.5, 0.6) is 0 Å². The van der Waals surface area contributed by atoms with Crippen molar-refractivity contribution in [1.82, 2.24) is 9.80 Å². The van der Waals surface area contributed by atoms with Crippen LogP contribution in [0.1, 0.15) is 42.7 Å². The molecule has 2 saturated heterocycles. The number of hydrogen-bond acceptors (Lipinski definition) is 4. The van der Waals surface area contributed by atoms with Gasteiger partial charge in [-0.3, -0.25) is 4.79 Å². The lowest BCUT2D eigenvalue weighted by atomic mass is 9.85. The van der Waals surface area contributed by atoms with E-state index in [4.69, 9.17) is 0 Å². The molecule has 5 nitrogen and oxygen atoms in total. The van der Waals surface area contributed by atoms with Crippen molar-refractivity contribution in [2.24, 2.45) is 0 Å². The number of benzene rings is 2. The third kappa shape index (κ3) is 5.53. The highest BCUT2D eigenvalue weighted by atomic mass is 16.3. The molecule has 2 fully saturated rings. The number of hydrogen-bond donors (Lipinski definition) is 2. The van der Waals surface area contributed by atoms with E-state index in [-0.39, 0.29) is 12.5 Å². The average Bonchev–Trinajstić information content (AvgIpc) is 2.81. The van der Waals surface area contributed by atoms with Gasteiger partial charge < -0.3 is 20.0 Å². The first-order valence-corrected chi connectivity index (χ1v) is 11.5. The Morgan fingerprint density at radius 2 is 1.61 bits per heavy atom. The first-order valence-electron chi connectivity index (χ1n) is 11.5. The maximum Gasteiger partial charge on any atom is 0.222 e. The van der Waals surface area contributed by atoms with E-state index in [1.807, 2.05) is 36.4 Å². The molecule has 0 spiro atoms. The summed E-state index contributed by atoms with van der Waals surface area (Å²) in [4.78, 5) is 16.6. The zero-order valence-corrected chi connectivity index (χ0v) is 18.2. The van der Waals surface area contributed by atoms with Gasteiger partial charge in [0.1, 0.15) is 11.7 Å². The SMILES string of the molecule is O=C(CCc1ccccc1)N1CC[C@](O)(CN2CCC(c3ccccc3)CC2)[C@@H](O)C1. The highest BCUT2D eigenvalue weighted by molar-refractivity contribution is 5.76. The summed E-state index contributed by atoms with van der Waals surface area (Å²) < 4.78 is 0. The number of likely N-dealkylation sites (tertiary alicyclic amines) is 2. The number of carbonyl (C=O) groups excluding carboxylic acids is 1. The van der Waals surface area contributed by atoms with Crippen LogP contribution in [0.4, 0.5) is 0 Å². The second-order valence-electron chi connectivity index (χ2n) is 9.16. The number of β-amino-alcohol motifs (C(OH)–C–C–N with tert-alkyl or cyclic N) is 2. The molecule has 2 N–H and O–H groups in total. The molecule has 166 valence electrons. The molecule has 2 aliphatic heterocycles. The Balaban J connectivity index is 1.24. The molecular formula is C26H34N2O3. The summed E-state index contributed by atoms with van der Waals surface area (Å²) in [6, 6.07) is 20.6. The van der Waals surface area contributed by atoms with Crippen molar-refractivity contribution in [3.8, 4) is 0 Å². The van der Waals surface area contributed by atoms with E-state index in [2.05, 4.69) is 29.2 Å². The van der Waals surface area contributed by atoms with E-state index in [0.29, 0.717) is 38.3 Å². The van der Waals surface area contributed by atoms with Gasteiger partial charge in [-0.05, 0) is 55.8 Å². The molecule has 0 aliphatic carbocycles. The minimum absolute atomic E-state index is 0.0497. The predicted octanol–water partition coefficient (Wildman–Crippen LogP) is 2.82. The molecule has 4 rings (SSSR count). The van der Waals surface area contributed by atoms with E-state index in [1.54, 1.807) is 4.90 Å². The van der Waals surface area contributed by atoms with Gasteiger partial charge in [-0.15, -0.1) is 0 Å². The first-order chi connectivity index (χ1) is 15.0. The number of carbonyl (C=O) groups is 1. The van der Waals surface area contributed by atoms with Crippen molar-refractivity contribution in [1.29, 1.82) is 0 Å². The van der Waals surface area contributed by atoms with E-state index < -0.39 is 11.7 Å². The van der Waals surface area contributed by atoms with E-state index in [1.165, 1.54) is 5.56 Å². The van der Waals surface area contributed by atoms with E-state index >= 15 is 0 Å². The van der Waals surface area contributed by atoms with Gasteiger partial charge in [0.15, 0.2) is 0 Å². The number of aryl methyl sites for hydroxylation is 1. The maximum absolute atomic E-state index is 12.6. The van der Waals surface area contributed by atoms with Crippen molar-refractivity contribution < 1.29 is 15.0 Å². The van der Waals surface area contributed by atoms with Gasteiger partial charge in [0.25, 0.3) is 0 Å². The predicted molar refractivity (Wildman–Crippen MR) is 122 cm³/mol. The van der Waals surface area contributed by atoms with Gasteiger partial charge in [0.05, 0.1) is 0 Å². The minimum Gasteiger partial charge on any atom is -0.388 e. The summed E-state index contributed by atoms with van der Waals surface area (Å²) in [7, 11) is 0. The summed E-state index contributed by atoms with van der Waals surface area (Å²) in [5, 5.41) is 21.9. The van der Waals surface area contributed by atoms with Gasteiger partial charge in [-0.25, -0.2) is 0 Å². The Bertz CT molecular complexity index is 836. The first kappa shape index (κ1) is 22.0. The lowest BCUT2D eigenvalue weighted by molar-refractivity contribution is -0.154. The van der Waals surface area contributed by atoms with Crippen molar-refractivity contribution in [2.75, 3.05) is 32.7 Å². The van der Waals surface area contributed by atoms with Crippen LogP contribution in [0.2, 0.25) is 0 Å². The van der Waals surface area contributed by atoms with Crippen molar-refractivity contribution in [2.45, 2.75) is 49.7 Å². The minimum atomic E-state index is -1.14. The zero-order chi connectivity index (χ0) is 21.7. The number of amides is 1. The molecule has 5 heteroatoms. The normalized spacial score (nSPS) is 25.5. The van der Waals surface area contributed by atoms with Gasteiger partial charge in [0, 0.05) is 26.1 Å². The van der Waals surface area contributed by atoms with Crippen molar-refractivity contribution in [3.05, 3.63) is 71.8 Å². The molecule has 0 saturated carbocycles. The Kier molecular flexibility index (Phi) is 7.06. The van der Waals surface area contributed by atoms with Gasteiger partial charge >= 0.3 is 0 Å². The second kappa shape index (κ2) is 9.94. The Labute approximate surface area is 185 Å². The van der Waals surface area contributed by atoms with Gasteiger partial charge in [-0.1, -0.05) is 60.7 Å². The Morgan fingerprint density at radius 1 is 0.968 bits per heavy atom. The summed E-state index contributed by atoms with van der Waals surface area (Å²) in [5.41, 5.74) is 1.39. The van der Waals surface area contributed by atoms with Crippen LogP contribution >= 0.6 is 0 Å². The molecule has 2 aliphatic rings. The van der Waals surface area contributed by atoms with Crippen LogP contribution in [-0.4, -0.2) is 70.3 Å². The fourth-order valence-corrected chi connectivity index (χ4v) is 4.97. The molecular weight excluding hydrogens is 388 g/mol. The molecule has 1 amide bonds. The molecule has 0 bridgehead atoms. The molecule has 0 unspecified atom stereocenters. The monoisotopic (exact) mass is 422 g/mol. The third-order valence-electron chi connectivity index (χ3n) is 7.01. The number of aliphatic hydroxyl groups excluding tert-OH is 1. The van der Waals surface area contributed by atoms with E-state index in [0.717, 1.165) is 31.5 Å². The number of piperidine rings is 2. The zero-order valence-electron chi connectivity index (χ0n) is 18.2. The molecule has 2 heterocycles. The Hall–Kier alpha value is -2.21. The fourth-order valence-electron chi connectivity index (χ4n) is 4.97. The summed E-state index contributed by atoms with van der Waals surface area (Å²) in [6.45, 7) is 3.04. The van der Waals surface area contributed by atoms with Crippen LogP contribution in [0, 0.1) is 0 Å². The molecule has 0 radical (unpaired) electrons. The fraction of sp³-hybridized carbons (Fsp3) is 0.500. The average molecular weight is 423 g/mol. The number of aliphatic hydroxyl groups is 2. The van der Waals surface area contributed by atoms with Crippen LogP contribution in [-0.2, 0) is 11.2 Å². The highest BCUT2D eigenvalue weighted by Gasteiger charge is 2.43. The van der Waals surface area contributed by atoms with E-state index in [9.17, 15) is 15.0 Å². The maximum atomic E-state index is 12.6. The molecule has 0 aromatic heterocycles. The molecule has 31 heavy (non-hydrogen) atoms. The largest absolute Gasteiger partial charge is 0.388 e. The van der Waals surface area contributed by atoms with Crippen LogP contribution in [0.25, 0.3) is 0 Å². The standard InChI is InChI=1S/C26H34N2O3/c29-24-19-28(25(30)12-11-21-7-3-1-4-8-21)18-15-26(24,31)20-27-16-13-23(14-17-27)22-9-5-2-6-10-22/h1-10,23-24,29,31H,11-20H2/t24-,26-/m0/s1. The van der Waals surface area contributed by atoms with Gasteiger partial charge in [-0.2, -0.15) is 0 Å². The Morgan fingerprint density at radius 3 is 2.26 bits per heavy atom. The number of nitrogens with zero attached hydrogens (tertiary/aromatic N) is 2. The van der Waals surface area contributed by atoms with Crippen molar-refractivity contribution >= 4 is 5.91 Å². The lowest BCUT2D eigenvalue weighted by Gasteiger charge is -2.45. The van der Waals surface area contributed by atoms with Crippen LogP contribution in [0.15, 0.2) is 60.7 Å². The third-order valence-corrected chi connectivity index (χ3v) is 7.01. The summed E-state index contributed by atoms with van der Waals surface area (Å²) >= 11 is 0. The van der Waals surface area contributed by atoms with Crippen LogP contribution in [0.3, 0.4) is 0 Å². The van der Waals surface area contributed by atoms with Crippen LogP contribution < -0.4 is 0 Å². The number of rotatable bonds is 6.